The van der Waals surface area contributed by atoms with Gasteiger partial charge in [0.05, 0.1) is 12.6 Å². The Morgan fingerprint density at radius 1 is 0.844 bits per heavy atom. The van der Waals surface area contributed by atoms with Crippen LogP contribution in [-0.4, -0.2) is 117 Å². The average Bonchev–Trinajstić information content (AvgIpc) is 3.27. The molecule has 1 aliphatic rings. The van der Waals surface area contributed by atoms with E-state index in [4.69, 9.17) is 26.2 Å². The first-order chi connectivity index (χ1) is 30.7. The maximum absolute atomic E-state index is 14.2. The lowest BCUT2D eigenvalue weighted by Crippen LogP contribution is -2.55. The molecule has 0 fully saturated rings. The summed E-state index contributed by atoms with van der Waals surface area (Å²) < 4.78 is 12.1. The predicted molar refractivity (Wildman–Crippen MR) is 239 cm³/mol. The summed E-state index contributed by atoms with van der Waals surface area (Å²) in [6.45, 7) is 4.93. The van der Waals surface area contributed by atoms with Crippen molar-refractivity contribution in [2.24, 2.45) is 11.5 Å². The molecule has 19 heteroatoms. The Bertz CT molecular complexity index is 1960. The van der Waals surface area contributed by atoms with Crippen molar-refractivity contribution in [1.82, 2.24) is 36.8 Å². The number of likely N-dealkylation sites (N-methyl/N-ethyl adjacent to an activating group) is 1. The van der Waals surface area contributed by atoms with Crippen molar-refractivity contribution in [2.75, 3.05) is 53.0 Å². The summed E-state index contributed by atoms with van der Waals surface area (Å²) in [6, 6.07) is 7.37. The standard InChI is InChI=1S/C45H66N10O9/c1-5-6-7-8-9-10-11-12-39(57)52-29(2)42(59)49-21-17-38(56)51-28-40(58)55(4)41-32-14-16-37(64-24-20-48)34(27-32)33-25-31(13-15-36(33)63-23-19-47)26-35(44(61)50-22-18-46)54-43(60)30(3)53-45(41)62/h13-16,25,27,29-30,35,41H,5-12,17,19-24,26,28,47-48H2,1-4H3,(H,49,59)(H,50,61)(H,51,56)(H,52,57)(H,53,62)(H,54,60)/t29?,30-,35?,41?/m0/s1. The van der Waals surface area contributed by atoms with Crippen molar-refractivity contribution >= 4 is 41.4 Å². The van der Waals surface area contributed by atoms with Crippen LogP contribution in [0.25, 0.3) is 11.1 Å². The summed E-state index contributed by atoms with van der Waals surface area (Å²) in [4.78, 5) is 93.7. The van der Waals surface area contributed by atoms with Gasteiger partial charge >= 0.3 is 0 Å². The van der Waals surface area contributed by atoms with Crippen molar-refractivity contribution in [3.05, 3.63) is 47.5 Å². The molecule has 4 atom stereocenters. The minimum atomic E-state index is -1.36. The first-order valence-electron chi connectivity index (χ1n) is 22.0. The number of ether oxygens (including phenoxy) is 2. The minimum Gasteiger partial charge on any atom is -0.492 e. The lowest BCUT2D eigenvalue weighted by molar-refractivity contribution is -0.140. The molecule has 7 amide bonds. The Morgan fingerprint density at radius 3 is 2.14 bits per heavy atom. The molecule has 64 heavy (non-hydrogen) atoms. The maximum atomic E-state index is 14.2. The fourth-order valence-corrected chi connectivity index (χ4v) is 6.94. The van der Waals surface area contributed by atoms with E-state index in [9.17, 15) is 33.6 Å². The molecular formula is C45H66N10O9. The Labute approximate surface area is 375 Å². The third kappa shape index (κ3) is 16.8. The number of nitriles is 1. The third-order valence-corrected chi connectivity index (χ3v) is 10.5. The predicted octanol–water partition coefficient (Wildman–Crippen LogP) is 0.981. The highest BCUT2D eigenvalue weighted by atomic mass is 16.5. The smallest absolute Gasteiger partial charge is 0.248 e. The fourth-order valence-electron chi connectivity index (χ4n) is 6.94. The molecule has 1 aliphatic heterocycles. The Balaban J connectivity index is 1.81. The van der Waals surface area contributed by atoms with Crippen LogP contribution in [0.1, 0.15) is 95.7 Å². The highest BCUT2D eigenvalue weighted by molar-refractivity contribution is 5.96. The number of benzene rings is 2. The number of amides is 7. The van der Waals surface area contributed by atoms with Crippen molar-refractivity contribution < 1.29 is 43.0 Å². The number of nitrogens with one attached hydrogen (secondary N) is 6. The lowest BCUT2D eigenvalue weighted by Gasteiger charge is -2.30. The third-order valence-electron chi connectivity index (χ3n) is 10.5. The van der Waals surface area contributed by atoms with E-state index >= 15 is 0 Å². The van der Waals surface area contributed by atoms with Crippen LogP contribution >= 0.6 is 0 Å². The van der Waals surface area contributed by atoms with Gasteiger partial charge in [-0.25, -0.2) is 0 Å². The van der Waals surface area contributed by atoms with E-state index in [1.165, 1.54) is 33.2 Å². The Morgan fingerprint density at radius 2 is 1.48 bits per heavy atom. The second-order valence-corrected chi connectivity index (χ2v) is 15.6. The first-order valence-corrected chi connectivity index (χ1v) is 22.0. The molecule has 0 saturated carbocycles. The Kier molecular flexibility index (Phi) is 22.6. The van der Waals surface area contributed by atoms with Crippen molar-refractivity contribution in [2.45, 2.75) is 109 Å². The molecular weight excluding hydrogens is 825 g/mol. The van der Waals surface area contributed by atoms with Gasteiger partial charge in [0.1, 0.15) is 55.4 Å². The molecule has 0 radical (unpaired) electrons. The van der Waals surface area contributed by atoms with Gasteiger partial charge < -0.3 is 57.7 Å². The van der Waals surface area contributed by atoms with Gasteiger partial charge in [0.15, 0.2) is 0 Å². The van der Waals surface area contributed by atoms with Crippen LogP contribution in [0.2, 0.25) is 0 Å². The lowest BCUT2D eigenvalue weighted by atomic mass is 9.93. The summed E-state index contributed by atoms with van der Waals surface area (Å²) in [6.07, 6.45) is 7.64. The van der Waals surface area contributed by atoms with Crippen molar-refractivity contribution in [3.8, 4) is 28.7 Å². The van der Waals surface area contributed by atoms with Crippen LogP contribution in [-0.2, 0) is 40.0 Å². The number of rotatable bonds is 24. The summed E-state index contributed by atoms with van der Waals surface area (Å²) in [7, 11) is 1.38. The normalized spacial score (nSPS) is 16.4. The van der Waals surface area contributed by atoms with E-state index in [0.29, 0.717) is 40.2 Å². The molecule has 3 unspecified atom stereocenters. The van der Waals surface area contributed by atoms with Gasteiger partial charge in [-0.2, -0.15) is 5.26 Å². The van der Waals surface area contributed by atoms with Gasteiger partial charge in [-0.15, -0.1) is 0 Å². The van der Waals surface area contributed by atoms with Crippen LogP contribution in [0.15, 0.2) is 36.4 Å². The molecule has 10 N–H and O–H groups in total. The Hall–Kier alpha value is -6.26. The van der Waals surface area contributed by atoms with E-state index < -0.39 is 66.2 Å². The largest absolute Gasteiger partial charge is 0.492 e. The van der Waals surface area contributed by atoms with Crippen LogP contribution in [0, 0.1) is 11.3 Å². The summed E-state index contributed by atoms with van der Waals surface area (Å²) in [5.74, 6) is -3.22. The van der Waals surface area contributed by atoms with E-state index in [1.807, 2.05) is 6.07 Å². The van der Waals surface area contributed by atoms with Crippen LogP contribution in [0.5, 0.6) is 11.5 Å². The molecule has 4 bridgehead atoms. The molecule has 0 spiro atoms. The van der Waals surface area contributed by atoms with E-state index in [2.05, 4.69) is 38.8 Å². The van der Waals surface area contributed by atoms with E-state index in [1.54, 1.807) is 43.3 Å². The van der Waals surface area contributed by atoms with Crippen molar-refractivity contribution in [3.63, 3.8) is 0 Å². The average molecular weight is 891 g/mol. The van der Waals surface area contributed by atoms with Gasteiger partial charge in [-0.3, -0.25) is 33.6 Å². The van der Waals surface area contributed by atoms with Crippen molar-refractivity contribution in [1.29, 1.82) is 5.26 Å². The molecule has 2 aromatic carbocycles. The van der Waals surface area contributed by atoms with Gasteiger partial charge in [0.25, 0.3) is 0 Å². The van der Waals surface area contributed by atoms with Crippen LogP contribution in [0.3, 0.4) is 0 Å². The SMILES string of the molecule is CCCCCCCCCC(=O)NC(C)C(=O)NCCC(=O)NCC(=O)N(C)C1C(=O)N[C@@H](C)C(=O)NC(C(=O)NCC#N)Cc2ccc(OCCN)c(c2)-c2cc1ccc2OCCN. The zero-order valence-electron chi connectivity index (χ0n) is 37.5. The molecule has 0 saturated heterocycles. The number of unbranched alkanes of at least 4 members (excludes halogenated alkanes) is 6. The highest BCUT2D eigenvalue weighted by Crippen LogP contribution is 2.40. The quantitative estimate of drug-likeness (QED) is 0.0541. The number of carbonyl (C=O) groups excluding carboxylic acids is 7. The zero-order chi connectivity index (χ0) is 47.0. The first kappa shape index (κ1) is 52.1. The van der Waals surface area contributed by atoms with Crippen LogP contribution in [0.4, 0.5) is 0 Å². The zero-order valence-corrected chi connectivity index (χ0v) is 37.5. The number of carbonyl (C=O) groups is 7. The molecule has 0 aromatic heterocycles. The summed E-state index contributed by atoms with van der Waals surface area (Å²) in [5, 5.41) is 24.7. The molecule has 0 aliphatic carbocycles. The molecule has 2 aromatic rings. The van der Waals surface area contributed by atoms with Crippen LogP contribution < -0.4 is 52.8 Å². The van der Waals surface area contributed by atoms with Gasteiger partial charge in [0, 0.05) is 57.1 Å². The molecule has 3 rings (SSSR count). The number of hydrogen-bond acceptors (Lipinski definition) is 12. The van der Waals surface area contributed by atoms with E-state index in [0.717, 1.165) is 30.6 Å². The second kappa shape index (κ2) is 27.7. The molecule has 1 heterocycles. The number of hydrogen-bond donors (Lipinski definition) is 8. The van der Waals surface area contributed by atoms with Gasteiger partial charge in [-0.05, 0) is 55.7 Å². The highest BCUT2D eigenvalue weighted by Gasteiger charge is 2.33. The monoisotopic (exact) mass is 891 g/mol. The van der Waals surface area contributed by atoms with E-state index in [-0.39, 0.29) is 58.1 Å². The maximum Gasteiger partial charge on any atom is 0.248 e. The topological polar surface area (TPSA) is 289 Å². The number of nitrogens with zero attached hydrogens (tertiary/aromatic N) is 2. The number of nitrogens with two attached hydrogens (primary N) is 2. The molecule has 19 nitrogen and oxygen atoms in total. The fraction of sp³-hybridized carbons (Fsp3) is 0.556. The summed E-state index contributed by atoms with van der Waals surface area (Å²) in [5.41, 5.74) is 13.4. The second-order valence-electron chi connectivity index (χ2n) is 15.6. The molecule has 350 valence electrons. The minimum absolute atomic E-state index is 0.00120. The van der Waals surface area contributed by atoms with Gasteiger partial charge in [-0.1, -0.05) is 57.6 Å². The summed E-state index contributed by atoms with van der Waals surface area (Å²) >= 11 is 0. The van der Waals surface area contributed by atoms with Gasteiger partial charge in [0.2, 0.25) is 41.4 Å². The number of fused-ring (bicyclic) bond motifs is 5.